The Morgan fingerprint density at radius 2 is 1.81 bits per heavy atom. The summed E-state index contributed by atoms with van der Waals surface area (Å²) in [4.78, 5) is 50.2. The summed E-state index contributed by atoms with van der Waals surface area (Å²) in [5, 5.41) is 12.3. The number of pyridine rings is 1. The fourth-order valence-electron chi connectivity index (χ4n) is 4.50. The number of amides is 1. The number of Topliss-reactive ketones (excluding diaryl/α,β-unsaturated/α-hetero) is 1. The van der Waals surface area contributed by atoms with Crippen molar-refractivity contribution in [2.45, 2.75) is 38.6 Å². The first-order chi connectivity index (χ1) is 17.7. The average Bonchev–Trinajstić information content (AvgIpc) is 2.83. The highest BCUT2D eigenvalue weighted by atomic mass is 35.5. The second-order valence-corrected chi connectivity index (χ2v) is 9.60. The van der Waals surface area contributed by atoms with Gasteiger partial charge < -0.3 is 15.2 Å². The zero-order valence-electron chi connectivity index (χ0n) is 20.5. The van der Waals surface area contributed by atoms with Crippen LogP contribution in [-0.2, 0) is 4.79 Å². The number of hydrogen-bond acceptors (Lipinski definition) is 5. The van der Waals surface area contributed by atoms with E-state index in [1.165, 1.54) is 55.1 Å². The first kappa shape index (κ1) is 26.2. The molecule has 8 nitrogen and oxygen atoms in total. The normalized spacial score (nSPS) is 13.9. The lowest BCUT2D eigenvalue weighted by molar-refractivity contribution is -0.120. The van der Waals surface area contributed by atoms with Crippen LogP contribution < -0.4 is 15.6 Å². The number of anilines is 1. The number of benzene rings is 2. The lowest BCUT2D eigenvalue weighted by atomic mass is 9.80. The van der Waals surface area contributed by atoms with E-state index in [0.717, 1.165) is 19.3 Å². The predicted octanol–water partition coefficient (Wildman–Crippen LogP) is 5.45. The van der Waals surface area contributed by atoms with Crippen LogP contribution in [0.25, 0.3) is 11.1 Å². The summed E-state index contributed by atoms with van der Waals surface area (Å²) in [6, 6.07) is 11.2. The zero-order chi connectivity index (χ0) is 26.7. The molecule has 2 N–H and O–H groups in total. The van der Waals surface area contributed by atoms with E-state index >= 15 is 0 Å². The summed E-state index contributed by atoms with van der Waals surface area (Å²) < 4.78 is 6.96. The molecule has 1 aliphatic carbocycles. The molecule has 0 unspecified atom stereocenters. The second-order valence-electron chi connectivity index (χ2n) is 9.17. The first-order valence-corrected chi connectivity index (χ1v) is 12.3. The Bertz CT molecular complexity index is 1410. The van der Waals surface area contributed by atoms with E-state index in [1.807, 2.05) is 0 Å². The van der Waals surface area contributed by atoms with Crippen molar-refractivity contribution in [2.75, 3.05) is 12.4 Å². The van der Waals surface area contributed by atoms with E-state index in [4.69, 9.17) is 21.4 Å². The summed E-state index contributed by atoms with van der Waals surface area (Å²) in [5.74, 6) is -1.01. The van der Waals surface area contributed by atoms with Gasteiger partial charge in [0, 0.05) is 27.9 Å². The molecular formula is C28H27ClN2O6. The van der Waals surface area contributed by atoms with Crippen molar-refractivity contribution in [3.05, 3.63) is 81.2 Å². The number of aromatic carboxylic acids is 1. The number of halogens is 1. The number of aromatic nitrogens is 1. The van der Waals surface area contributed by atoms with Crippen molar-refractivity contribution < 1.29 is 24.2 Å². The summed E-state index contributed by atoms with van der Waals surface area (Å²) in [6.45, 7) is 1.43. The highest BCUT2D eigenvalue weighted by Crippen LogP contribution is 2.37. The van der Waals surface area contributed by atoms with E-state index in [9.17, 15) is 19.2 Å². The van der Waals surface area contributed by atoms with Gasteiger partial charge in [-0.05, 0) is 67.3 Å². The van der Waals surface area contributed by atoms with Crippen molar-refractivity contribution in [3.8, 4) is 16.9 Å². The van der Waals surface area contributed by atoms with E-state index in [2.05, 4.69) is 5.32 Å². The molecular weight excluding hydrogens is 496 g/mol. The van der Waals surface area contributed by atoms with Crippen LogP contribution in [0.5, 0.6) is 5.75 Å². The summed E-state index contributed by atoms with van der Waals surface area (Å²) >= 11 is 6.19. The van der Waals surface area contributed by atoms with Crippen LogP contribution in [0, 0.1) is 5.92 Å². The molecule has 4 rings (SSSR count). The Labute approximate surface area is 218 Å². The number of ether oxygens (including phenoxy) is 1. The van der Waals surface area contributed by atoms with Gasteiger partial charge in [-0.3, -0.25) is 19.0 Å². The van der Waals surface area contributed by atoms with Crippen LogP contribution >= 0.6 is 11.6 Å². The minimum Gasteiger partial charge on any atom is -0.495 e. The van der Waals surface area contributed by atoms with Gasteiger partial charge in [0.25, 0.3) is 5.56 Å². The molecule has 1 saturated carbocycles. The van der Waals surface area contributed by atoms with Crippen molar-refractivity contribution in [3.63, 3.8) is 0 Å². The monoisotopic (exact) mass is 522 g/mol. The largest absolute Gasteiger partial charge is 0.495 e. The van der Waals surface area contributed by atoms with E-state index in [-0.39, 0.29) is 17.3 Å². The summed E-state index contributed by atoms with van der Waals surface area (Å²) in [6.07, 6.45) is 5.00. The van der Waals surface area contributed by atoms with Crippen LogP contribution in [0.15, 0.2) is 59.5 Å². The molecule has 2 aromatic carbocycles. The quantitative estimate of drug-likeness (QED) is 0.361. The molecule has 3 aromatic rings. The number of nitrogens with one attached hydrogen (secondary N) is 1. The zero-order valence-corrected chi connectivity index (χ0v) is 21.2. The maximum atomic E-state index is 13.4. The number of ketones is 1. The van der Waals surface area contributed by atoms with Crippen molar-refractivity contribution >= 4 is 34.9 Å². The van der Waals surface area contributed by atoms with Crippen molar-refractivity contribution in [1.82, 2.24) is 4.57 Å². The molecule has 1 fully saturated rings. The SMILES string of the molecule is COc1cn([C@H](CC2CCC2)C(=O)Nc2ccc(C(=O)O)cc2)c(=O)cc1-c1cc(Cl)ccc1C(C)=O. The molecule has 1 atom stereocenters. The topological polar surface area (TPSA) is 115 Å². The fraction of sp³-hybridized carbons (Fsp3) is 0.286. The van der Waals surface area contributed by atoms with E-state index < -0.39 is 17.6 Å². The fourth-order valence-corrected chi connectivity index (χ4v) is 4.68. The number of carbonyl (C=O) groups excluding carboxylic acids is 2. The number of nitrogens with zero attached hydrogens (tertiary/aromatic N) is 1. The van der Waals surface area contributed by atoms with Gasteiger partial charge in [0.1, 0.15) is 11.8 Å². The number of hydrogen-bond donors (Lipinski definition) is 2. The smallest absolute Gasteiger partial charge is 0.335 e. The van der Waals surface area contributed by atoms with Gasteiger partial charge in [-0.25, -0.2) is 4.79 Å². The standard InChI is InChI=1S/C28H27ClN2O6/c1-16(32)21-11-8-19(29)13-22(21)23-14-26(33)31(15-25(23)37-2)24(12-17-4-3-5-17)27(34)30-20-9-6-18(7-10-20)28(35)36/h6-11,13-15,17,24H,3-5,12H2,1-2H3,(H,30,34)(H,35,36)/t24-/m1/s1. The molecule has 1 heterocycles. The van der Waals surface area contributed by atoms with Crippen LogP contribution in [0.4, 0.5) is 5.69 Å². The Hall–Kier alpha value is -3.91. The Kier molecular flexibility index (Phi) is 7.78. The van der Waals surface area contributed by atoms with Crippen molar-refractivity contribution in [2.24, 2.45) is 5.92 Å². The molecule has 1 aliphatic rings. The third-order valence-corrected chi connectivity index (χ3v) is 6.97. The van der Waals surface area contributed by atoms with Crippen LogP contribution in [-0.4, -0.2) is 34.4 Å². The van der Waals surface area contributed by atoms with Gasteiger partial charge in [0.05, 0.1) is 18.9 Å². The van der Waals surface area contributed by atoms with Gasteiger partial charge in [-0.2, -0.15) is 0 Å². The maximum absolute atomic E-state index is 13.4. The van der Waals surface area contributed by atoms with Crippen molar-refractivity contribution in [1.29, 1.82) is 0 Å². The third-order valence-electron chi connectivity index (χ3n) is 6.73. The molecule has 0 bridgehead atoms. The Morgan fingerprint density at radius 3 is 2.38 bits per heavy atom. The van der Waals surface area contributed by atoms with Gasteiger partial charge in [-0.15, -0.1) is 0 Å². The third kappa shape index (κ3) is 5.75. The number of carboxylic acids is 1. The number of carboxylic acid groups (broad SMARTS) is 1. The van der Waals surface area contributed by atoms with Crippen LogP contribution in [0.1, 0.15) is 59.4 Å². The molecule has 192 valence electrons. The molecule has 37 heavy (non-hydrogen) atoms. The molecule has 1 aromatic heterocycles. The lowest BCUT2D eigenvalue weighted by Crippen LogP contribution is -2.35. The lowest BCUT2D eigenvalue weighted by Gasteiger charge is -2.30. The minimum atomic E-state index is -1.06. The molecule has 1 amide bonds. The highest BCUT2D eigenvalue weighted by molar-refractivity contribution is 6.31. The van der Waals surface area contributed by atoms with E-state index in [0.29, 0.717) is 45.5 Å². The first-order valence-electron chi connectivity index (χ1n) is 11.9. The summed E-state index contributed by atoms with van der Waals surface area (Å²) in [5.41, 5.74) is 1.38. The predicted molar refractivity (Wildman–Crippen MR) is 141 cm³/mol. The van der Waals surface area contributed by atoms with E-state index in [1.54, 1.807) is 18.2 Å². The number of methoxy groups -OCH3 is 1. The van der Waals surface area contributed by atoms with Gasteiger partial charge in [-0.1, -0.05) is 30.9 Å². The van der Waals surface area contributed by atoms with Crippen LogP contribution in [0.2, 0.25) is 5.02 Å². The second kappa shape index (κ2) is 11.0. The molecule has 9 heteroatoms. The van der Waals surface area contributed by atoms with Crippen LogP contribution in [0.3, 0.4) is 0 Å². The average molecular weight is 523 g/mol. The maximum Gasteiger partial charge on any atom is 0.335 e. The highest BCUT2D eigenvalue weighted by Gasteiger charge is 2.30. The van der Waals surface area contributed by atoms with Gasteiger partial charge in [0.2, 0.25) is 5.91 Å². The van der Waals surface area contributed by atoms with Gasteiger partial charge in [0.15, 0.2) is 5.78 Å². The number of carbonyl (C=O) groups is 3. The summed E-state index contributed by atoms with van der Waals surface area (Å²) in [7, 11) is 1.46. The molecule has 0 aliphatic heterocycles. The molecule has 0 saturated heterocycles. The minimum absolute atomic E-state index is 0.103. The molecule has 0 spiro atoms. The van der Waals surface area contributed by atoms with Gasteiger partial charge >= 0.3 is 5.97 Å². The molecule has 0 radical (unpaired) electrons. The Morgan fingerprint density at radius 1 is 1.11 bits per heavy atom. The Balaban J connectivity index is 1.73. The number of rotatable bonds is 9.